The molecule has 110 valence electrons. The zero-order valence-electron chi connectivity index (χ0n) is 11.5. The topological polar surface area (TPSA) is 75.6 Å². The van der Waals surface area contributed by atoms with Crippen LogP contribution in [0.15, 0.2) is 18.2 Å². The number of methoxy groups -OCH3 is 1. The fourth-order valence-corrected chi connectivity index (χ4v) is 1.99. The summed E-state index contributed by atoms with van der Waals surface area (Å²) in [7, 11) is 1.47. The second-order valence-electron chi connectivity index (χ2n) is 4.34. The smallest absolute Gasteiger partial charge is 0.330 e. The van der Waals surface area contributed by atoms with Gasteiger partial charge in [-0.25, -0.2) is 4.79 Å². The number of rotatable bonds is 7. The van der Waals surface area contributed by atoms with Crippen molar-refractivity contribution in [3.05, 3.63) is 28.8 Å². The van der Waals surface area contributed by atoms with Gasteiger partial charge in [0.25, 0.3) is 0 Å². The van der Waals surface area contributed by atoms with E-state index in [0.717, 1.165) is 12.8 Å². The van der Waals surface area contributed by atoms with Crippen LogP contribution in [0, 0.1) is 0 Å². The van der Waals surface area contributed by atoms with Crippen molar-refractivity contribution >= 4 is 23.5 Å². The molecule has 1 amide bonds. The number of ether oxygens (including phenoxy) is 1. The Balaban J connectivity index is 2.88. The molecule has 0 radical (unpaired) electrons. The summed E-state index contributed by atoms with van der Waals surface area (Å²) in [5, 5.41) is 12.0. The molecule has 2 N–H and O–H groups in total. The number of carbonyl (C=O) groups is 2. The molecule has 1 aromatic rings. The van der Waals surface area contributed by atoms with Gasteiger partial charge in [0.1, 0.15) is 5.75 Å². The van der Waals surface area contributed by atoms with Crippen LogP contribution in [-0.2, 0) is 9.59 Å². The third-order valence-corrected chi connectivity index (χ3v) is 3.11. The summed E-state index contributed by atoms with van der Waals surface area (Å²) in [4.78, 5) is 23.0. The molecule has 0 aromatic heterocycles. The van der Waals surface area contributed by atoms with Gasteiger partial charge >= 0.3 is 5.97 Å². The number of carboxylic acid groups (broad SMARTS) is 1. The van der Waals surface area contributed by atoms with Crippen molar-refractivity contribution in [3.8, 4) is 5.75 Å². The number of amides is 1. The van der Waals surface area contributed by atoms with E-state index in [2.05, 4.69) is 5.32 Å². The monoisotopic (exact) mass is 299 g/mol. The Morgan fingerprint density at radius 3 is 2.65 bits per heavy atom. The van der Waals surface area contributed by atoms with Gasteiger partial charge in [-0.1, -0.05) is 31.0 Å². The fraction of sp³-hybridized carbons (Fsp3) is 0.429. The summed E-state index contributed by atoms with van der Waals surface area (Å²) in [6.07, 6.45) is 1.91. The van der Waals surface area contributed by atoms with Crippen molar-refractivity contribution < 1.29 is 19.4 Å². The summed E-state index contributed by atoms with van der Waals surface area (Å²) >= 11 is 5.97. The highest BCUT2D eigenvalue weighted by Gasteiger charge is 2.22. The first-order chi connectivity index (χ1) is 9.49. The van der Waals surface area contributed by atoms with Crippen LogP contribution in [0.4, 0.5) is 0 Å². The van der Waals surface area contributed by atoms with Crippen molar-refractivity contribution in [1.29, 1.82) is 0 Å². The minimum absolute atomic E-state index is 0.286. The third kappa shape index (κ3) is 4.42. The molecule has 0 aliphatic rings. The quantitative estimate of drug-likeness (QED) is 0.812. The Hall–Kier alpha value is -1.75. The van der Waals surface area contributed by atoms with E-state index in [1.165, 1.54) is 13.2 Å². The van der Waals surface area contributed by atoms with Crippen LogP contribution in [0.1, 0.15) is 37.8 Å². The lowest BCUT2D eigenvalue weighted by Crippen LogP contribution is -2.33. The predicted molar refractivity (Wildman–Crippen MR) is 76.0 cm³/mol. The number of carbonyl (C=O) groups excluding carboxylic acids is 1. The lowest BCUT2D eigenvalue weighted by Gasteiger charge is -2.16. The second-order valence-corrected chi connectivity index (χ2v) is 4.74. The average Bonchev–Trinajstić information content (AvgIpc) is 2.42. The molecule has 1 rings (SSSR count). The highest BCUT2D eigenvalue weighted by atomic mass is 35.5. The summed E-state index contributed by atoms with van der Waals surface area (Å²) in [6.45, 7) is 1.96. The van der Waals surface area contributed by atoms with Crippen molar-refractivity contribution in [2.24, 2.45) is 0 Å². The number of carboxylic acids is 1. The van der Waals surface area contributed by atoms with Gasteiger partial charge in [0.2, 0.25) is 5.91 Å². The number of halogens is 1. The third-order valence-electron chi connectivity index (χ3n) is 2.82. The van der Waals surface area contributed by atoms with Crippen molar-refractivity contribution in [1.82, 2.24) is 5.32 Å². The molecule has 1 atom stereocenters. The fourth-order valence-electron chi connectivity index (χ4n) is 1.72. The van der Waals surface area contributed by atoms with Gasteiger partial charge in [-0.3, -0.25) is 4.79 Å². The number of aliphatic carboxylic acids is 1. The lowest BCUT2D eigenvalue weighted by molar-refractivity contribution is -0.142. The van der Waals surface area contributed by atoms with E-state index in [1.807, 2.05) is 6.92 Å². The molecular weight excluding hydrogens is 282 g/mol. The number of unbranched alkanes of at least 4 members (excludes halogenated alkanes) is 1. The van der Waals surface area contributed by atoms with Crippen LogP contribution < -0.4 is 10.1 Å². The maximum atomic E-state index is 11.7. The molecule has 0 aliphatic carbocycles. The number of benzene rings is 1. The number of hydrogen-bond acceptors (Lipinski definition) is 3. The van der Waals surface area contributed by atoms with Gasteiger partial charge in [0.05, 0.1) is 12.1 Å². The number of nitrogens with one attached hydrogen (secondary N) is 1. The van der Waals surface area contributed by atoms with Crippen molar-refractivity contribution in [2.45, 2.75) is 32.2 Å². The molecular formula is C14H18ClNO4. The van der Waals surface area contributed by atoms with E-state index < -0.39 is 12.0 Å². The van der Waals surface area contributed by atoms with E-state index in [9.17, 15) is 14.7 Å². The predicted octanol–water partition coefficient (Wildman–Crippen LogP) is 2.78. The van der Waals surface area contributed by atoms with Crippen LogP contribution >= 0.6 is 11.6 Å². The van der Waals surface area contributed by atoms with E-state index in [-0.39, 0.29) is 5.91 Å². The second kappa shape index (κ2) is 7.75. The average molecular weight is 300 g/mol. The van der Waals surface area contributed by atoms with Crippen LogP contribution in [0.5, 0.6) is 5.75 Å². The summed E-state index contributed by atoms with van der Waals surface area (Å²) in [5.41, 5.74) is 0.410. The largest absolute Gasteiger partial charge is 0.495 e. The standard InChI is InChI=1S/C14H18ClNO4/c1-3-4-5-12(17)16-13(14(18)19)9-6-7-11(20-2)10(15)8-9/h6-8,13H,3-5H2,1-2H3,(H,16,17)(H,18,19). The van der Waals surface area contributed by atoms with Gasteiger partial charge in [0.15, 0.2) is 6.04 Å². The minimum atomic E-state index is -1.13. The summed E-state index contributed by atoms with van der Waals surface area (Å²) in [5.74, 6) is -0.959. The molecule has 0 bridgehead atoms. The van der Waals surface area contributed by atoms with Gasteiger partial charge in [-0.05, 0) is 24.1 Å². The molecule has 6 heteroatoms. The molecule has 0 fully saturated rings. The van der Waals surface area contributed by atoms with Crippen LogP contribution in [-0.4, -0.2) is 24.1 Å². The summed E-state index contributed by atoms with van der Waals surface area (Å²) < 4.78 is 5.01. The zero-order chi connectivity index (χ0) is 15.1. The Kier molecular flexibility index (Phi) is 6.31. The Labute approximate surface area is 122 Å². The molecule has 20 heavy (non-hydrogen) atoms. The van der Waals surface area contributed by atoms with Crippen LogP contribution in [0.3, 0.4) is 0 Å². The molecule has 1 aromatic carbocycles. The minimum Gasteiger partial charge on any atom is -0.495 e. The molecule has 0 spiro atoms. The van der Waals surface area contributed by atoms with E-state index >= 15 is 0 Å². The van der Waals surface area contributed by atoms with E-state index in [0.29, 0.717) is 22.8 Å². The Morgan fingerprint density at radius 2 is 2.15 bits per heavy atom. The molecule has 0 aliphatic heterocycles. The van der Waals surface area contributed by atoms with Crippen molar-refractivity contribution in [2.75, 3.05) is 7.11 Å². The van der Waals surface area contributed by atoms with Gasteiger partial charge < -0.3 is 15.2 Å². The van der Waals surface area contributed by atoms with Crippen LogP contribution in [0.2, 0.25) is 5.02 Å². The van der Waals surface area contributed by atoms with Gasteiger partial charge in [0, 0.05) is 6.42 Å². The molecule has 0 saturated carbocycles. The highest BCUT2D eigenvalue weighted by molar-refractivity contribution is 6.32. The molecule has 5 nitrogen and oxygen atoms in total. The first-order valence-corrected chi connectivity index (χ1v) is 6.73. The van der Waals surface area contributed by atoms with Gasteiger partial charge in [-0.2, -0.15) is 0 Å². The first-order valence-electron chi connectivity index (χ1n) is 6.35. The van der Waals surface area contributed by atoms with E-state index in [1.54, 1.807) is 12.1 Å². The Morgan fingerprint density at radius 1 is 1.45 bits per heavy atom. The Bertz CT molecular complexity index is 490. The normalized spacial score (nSPS) is 11.8. The zero-order valence-corrected chi connectivity index (χ0v) is 12.2. The molecule has 1 unspecified atom stereocenters. The summed E-state index contributed by atoms with van der Waals surface area (Å²) in [6, 6.07) is 3.53. The highest BCUT2D eigenvalue weighted by Crippen LogP contribution is 2.27. The first kappa shape index (κ1) is 16.3. The maximum absolute atomic E-state index is 11.7. The number of hydrogen-bond donors (Lipinski definition) is 2. The van der Waals surface area contributed by atoms with Crippen molar-refractivity contribution in [3.63, 3.8) is 0 Å². The maximum Gasteiger partial charge on any atom is 0.330 e. The molecule has 0 saturated heterocycles. The van der Waals surface area contributed by atoms with E-state index in [4.69, 9.17) is 16.3 Å². The SMILES string of the molecule is CCCCC(=O)NC(C(=O)O)c1ccc(OC)c(Cl)c1. The van der Waals surface area contributed by atoms with Crippen LogP contribution in [0.25, 0.3) is 0 Å². The van der Waals surface area contributed by atoms with Gasteiger partial charge in [-0.15, -0.1) is 0 Å². The lowest BCUT2D eigenvalue weighted by atomic mass is 10.1. The molecule has 0 heterocycles.